The molecule has 0 radical (unpaired) electrons. The van der Waals surface area contributed by atoms with Crippen molar-refractivity contribution in [2.45, 2.75) is 25.4 Å². The number of para-hydroxylation sites is 1. The Hall–Kier alpha value is -4.69. The van der Waals surface area contributed by atoms with Crippen LogP contribution in [0.1, 0.15) is 30.4 Å². The van der Waals surface area contributed by atoms with Gasteiger partial charge in [-0.05, 0) is 71.4 Å². The van der Waals surface area contributed by atoms with Crippen LogP contribution in [0.25, 0.3) is 11.6 Å². The van der Waals surface area contributed by atoms with E-state index in [2.05, 4.69) is 18.2 Å². The Bertz CT molecular complexity index is 1580. The number of likely N-dealkylation sites (tertiary alicyclic amines) is 1. The Labute approximate surface area is 250 Å². The summed E-state index contributed by atoms with van der Waals surface area (Å²) in [5, 5.41) is 10.0. The van der Waals surface area contributed by atoms with Crippen molar-refractivity contribution in [3.05, 3.63) is 107 Å². The molecule has 1 N–H and O–H groups in total. The Kier molecular flexibility index (Phi) is 8.11. The summed E-state index contributed by atoms with van der Waals surface area (Å²) in [7, 11) is 1.16. The summed E-state index contributed by atoms with van der Waals surface area (Å²) in [4.78, 5) is 39.8. The third kappa shape index (κ3) is 5.70. The van der Waals surface area contributed by atoms with Crippen molar-refractivity contribution in [2.75, 3.05) is 20.3 Å². The van der Waals surface area contributed by atoms with Crippen molar-refractivity contribution in [1.82, 2.24) is 4.90 Å². The van der Waals surface area contributed by atoms with Gasteiger partial charge in [0.15, 0.2) is 0 Å². The number of hydrogen-bond donors (Lipinski definition) is 1. The Balaban J connectivity index is 1.31. The number of imide groups is 3. The van der Waals surface area contributed by atoms with E-state index in [1.807, 2.05) is 60.7 Å². The zero-order valence-corrected chi connectivity index (χ0v) is 23.8. The van der Waals surface area contributed by atoms with Crippen molar-refractivity contribution in [1.29, 1.82) is 0 Å². The van der Waals surface area contributed by atoms with Crippen LogP contribution < -0.4 is 4.74 Å². The summed E-state index contributed by atoms with van der Waals surface area (Å²) in [6.07, 6.45) is 2.45. The van der Waals surface area contributed by atoms with Gasteiger partial charge < -0.3 is 19.3 Å². The maximum atomic E-state index is 13.4. The third-order valence-corrected chi connectivity index (χ3v) is 8.55. The van der Waals surface area contributed by atoms with E-state index in [9.17, 15) is 19.5 Å². The number of nitrogens with zero attached hydrogens (tertiary/aromatic N) is 1. The first kappa shape index (κ1) is 28.4. The van der Waals surface area contributed by atoms with Gasteiger partial charge in [-0.2, -0.15) is 4.90 Å². The Morgan fingerprint density at radius 1 is 0.977 bits per heavy atom. The molecule has 2 saturated heterocycles. The molecule has 2 fully saturated rings. The monoisotopic (exact) mass is 579 g/mol. The lowest BCUT2D eigenvalue weighted by molar-refractivity contribution is -0.137. The molecule has 3 amide bonds. The number of aromatic hydroxyl groups is 1. The quantitative estimate of drug-likeness (QED) is 0.202. The van der Waals surface area contributed by atoms with Gasteiger partial charge in [0.05, 0.1) is 31.7 Å². The van der Waals surface area contributed by atoms with Gasteiger partial charge in [-0.25, -0.2) is 4.79 Å². The number of carbonyl (C=O) groups excluding carboxylic acids is 3. The van der Waals surface area contributed by atoms with E-state index >= 15 is 0 Å². The van der Waals surface area contributed by atoms with E-state index in [1.54, 1.807) is 12.1 Å². The molecule has 2 heterocycles. The SMILES string of the molecule is COC(=O)N1C(=O)[C@@H]2[C@@H](CC(COc3ccccc3)=C3[C@@H](CC/C(=C/c4cccc(O)c4)c4ccccc4)OC[C@@H]32)C1=O. The molecule has 0 unspecified atom stereocenters. The summed E-state index contributed by atoms with van der Waals surface area (Å²) in [5.41, 5.74) is 4.96. The second-order valence-corrected chi connectivity index (χ2v) is 11.1. The van der Waals surface area contributed by atoms with Gasteiger partial charge in [0.25, 0.3) is 0 Å². The van der Waals surface area contributed by atoms with Gasteiger partial charge in [-0.1, -0.05) is 66.7 Å². The van der Waals surface area contributed by atoms with Crippen LogP contribution in [0.2, 0.25) is 0 Å². The zero-order valence-electron chi connectivity index (χ0n) is 23.8. The molecule has 0 saturated carbocycles. The number of rotatable bonds is 8. The molecular weight excluding hydrogens is 546 g/mol. The predicted molar refractivity (Wildman–Crippen MR) is 160 cm³/mol. The number of allylic oxidation sites excluding steroid dienone is 1. The number of phenols is 1. The minimum atomic E-state index is -0.951. The molecule has 0 bridgehead atoms. The number of hydrogen-bond acceptors (Lipinski definition) is 7. The lowest BCUT2D eigenvalue weighted by Gasteiger charge is -2.31. The van der Waals surface area contributed by atoms with E-state index in [-0.39, 0.29) is 31.0 Å². The van der Waals surface area contributed by atoms with Crippen LogP contribution in [0.15, 0.2) is 96.1 Å². The van der Waals surface area contributed by atoms with Crippen molar-refractivity contribution < 1.29 is 33.7 Å². The third-order valence-electron chi connectivity index (χ3n) is 8.55. The van der Waals surface area contributed by atoms with Gasteiger partial charge in [0, 0.05) is 5.92 Å². The van der Waals surface area contributed by atoms with Crippen LogP contribution >= 0.6 is 0 Å². The van der Waals surface area contributed by atoms with Crippen LogP contribution in [0.5, 0.6) is 11.5 Å². The maximum Gasteiger partial charge on any atom is 0.423 e. The van der Waals surface area contributed by atoms with Crippen LogP contribution in [0.3, 0.4) is 0 Å². The molecule has 8 nitrogen and oxygen atoms in total. The molecule has 0 spiro atoms. The molecule has 2 aliphatic heterocycles. The van der Waals surface area contributed by atoms with E-state index in [4.69, 9.17) is 14.2 Å². The normalized spacial score (nSPS) is 23.3. The van der Waals surface area contributed by atoms with Gasteiger partial charge in [-0.15, -0.1) is 0 Å². The highest BCUT2D eigenvalue weighted by molar-refractivity contribution is 6.16. The fourth-order valence-corrected chi connectivity index (χ4v) is 6.62. The van der Waals surface area contributed by atoms with Crippen molar-refractivity contribution >= 4 is 29.6 Å². The smallest absolute Gasteiger partial charge is 0.423 e. The highest BCUT2D eigenvalue weighted by Crippen LogP contribution is 2.50. The van der Waals surface area contributed by atoms with Crippen LogP contribution in [-0.4, -0.2) is 54.3 Å². The minimum Gasteiger partial charge on any atom is -0.508 e. The molecule has 3 aromatic carbocycles. The summed E-state index contributed by atoms with van der Waals surface area (Å²) in [6.45, 7) is 0.532. The van der Waals surface area contributed by atoms with Crippen molar-refractivity contribution in [3.63, 3.8) is 0 Å². The average molecular weight is 580 g/mol. The second-order valence-electron chi connectivity index (χ2n) is 11.1. The first-order valence-electron chi connectivity index (χ1n) is 14.5. The van der Waals surface area contributed by atoms with Crippen molar-refractivity contribution in [2.24, 2.45) is 17.8 Å². The fraction of sp³-hybridized carbons (Fsp3) is 0.286. The number of benzene rings is 3. The molecular formula is C35H33NO7. The maximum absolute atomic E-state index is 13.4. The predicted octanol–water partition coefficient (Wildman–Crippen LogP) is 5.87. The number of methoxy groups -OCH3 is 1. The van der Waals surface area contributed by atoms with Crippen LogP contribution in [0.4, 0.5) is 4.79 Å². The number of ether oxygens (including phenoxy) is 3. The number of amides is 3. The Morgan fingerprint density at radius 3 is 2.44 bits per heavy atom. The molecule has 220 valence electrons. The summed E-state index contributed by atoms with van der Waals surface area (Å²) >= 11 is 0. The number of fused-ring (bicyclic) bond motifs is 3. The van der Waals surface area contributed by atoms with Gasteiger partial charge in [-0.3, -0.25) is 9.59 Å². The second kappa shape index (κ2) is 12.3. The lowest BCUT2D eigenvalue weighted by Crippen LogP contribution is -2.38. The molecule has 0 aromatic heterocycles. The summed E-state index contributed by atoms with van der Waals surface area (Å²) in [6, 6.07) is 26.6. The van der Waals surface area contributed by atoms with E-state index in [0.29, 0.717) is 29.9 Å². The first-order valence-corrected chi connectivity index (χ1v) is 14.5. The highest BCUT2D eigenvalue weighted by atomic mass is 16.5. The van der Waals surface area contributed by atoms with Gasteiger partial charge >= 0.3 is 6.09 Å². The summed E-state index contributed by atoms with van der Waals surface area (Å²) < 4.78 is 17.3. The molecule has 4 atom stereocenters. The Morgan fingerprint density at radius 2 is 1.72 bits per heavy atom. The molecule has 8 heteroatoms. The largest absolute Gasteiger partial charge is 0.508 e. The molecule has 3 aromatic rings. The lowest BCUT2D eigenvalue weighted by atomic mass is 9.69. The van der Waals surface area contributed by atoms with Crippen LogP contribution in [-0.2, 0) is 19.1 Å². The topological polar surface area (TPSA) is 102 Å². The fourth-order valence-electron chi connectivity index (χ4n) is 6.62. The molecule has 3 aliphatic rings. The van der Waals surface area contributed by atoms with Crippen LogP contribution in [0, 0.1) is 17.8 Å². The zero-order chi connectivity index (χ0) is 29.9. The van der Waals surface area contributed by atoms with E-state index < -0.39 is 29.7 Å². The van der Waals surface area contributed by atoms with Gasteiger partial charge in [0.1, 0.15) is 18.1 Å². The number of phenolic OH excluding ortho intramolecular Hbond substituents is 1. The van der Waals surface area contributed by atoms with E-state index in [1.165, 1.54) is 0 Å². The molecule has 43 heavy (non-hydrogen) atoms. The highest BCUT2D eigenvalue weighted by Gasteiger charge is 2.59. The number of carbonyl (C=O) groups is 3. The van der Waals surface area contributed by atoms with Crippen molar-refractivity contribution in [3.8, 4) is 11.5 Å². The minimum absolute atomic E-state index is 0.199. The van der Waals surface area contributed by atoms with Gasteiger partial charge in [0.2, 0.25) is 11.8 Å². The summed E-state index contributed by atoms with van der Waals surface area (Å²) in [5.74, 6) is -1.82. The first-order chi connectivity index (χ1) is 20.9. The standard InChI is InChI=1S/C35H33NO7/c1-41-35(40)36-33(38)28-19-25(20-42-27-13-6-3-7-14-27)31-29(32(28)34(36)39)21-43-30(31)16-15-24(23-10-4-2-5-11-23)17-22-9-8-12-26(37)18-22/h2-14,17-18,28-30,32,37H,15-16,19-21H2,1H3/b24-17-/t28-,29+,30-,32-/m1/s1. The molecule has 1 aliphatic carbocycles. The van der Waals surface area contributed by atoms with E-state index in [0.717, 1.165) is 35.0 Å². The molecule has 6 rings (SSSR count). The average Bonchev–Trinajstić information content (AvgIpc) is 3.56.